The Bertz CT molecular complexity index is 373. The summed E-state index contributed by atoms with van der Waals surface area (Å²) in [5, 5.41) is 12.9. The van der Waals surface area contributed by atoms with Crippen LogP contribution in [0.5, 0.6) is 0 Å². The number of hydrogen-bond acceptors (Lipinski definition) is 4. The first-order chi connectivity index (χ1) is 6.61. The first-order valence-corrected chi connectivity index (χ1v) is 5.02. The summed E-state index contributed by atoms with van der Waals surface area (Å²) in [6.45, 7) is 2.87. The summed E-state index contributed by atoms with van der Waals surface area (Å²) >= 11 is 1.53. The number of carbonyl (C=O) groups is 1. The summed E-state index contributed by atoms with van der Waals surface area (Å²) in [6.07, 6.45) is 1.39. The maximum absolute atomic E-state index is 11.0. The van der Waals surface area contributed by atoms with Crippen molar-refractivity contribution in [2.45, 2.75) is 13.8 Å². The Hall–Kier alpha value is -1.42. The SMILES string of the molecule is CC(=O)/C(C=Nc1ccsc1)=C(/C)O. The lowest BCUT2D eigenvalue weighted by atomic mass is 10.2. The minimum absolute atomic E-state index is 0.00326. The molecule has 0 bridgehead atoms. The second kappa shape index (κ2) is 4.72. The van der Waals surface area contributed by atoms with Gasteiger partial charge >= 0.3 is 0 Å². The molecule has 0 aliphatic rings. The first kappa shape index (κ1) is 10.7. The van der Waals surface area contributed by atoms with E-state index in [9.17, 15) is 9.90 Å². The van der Waals surface area contributed by atoms with Crippen LogP contribution in [0, 0.1) is 0 Å². The van der Waals surface area contributed by atoms with Gasteiger partial charge in [-0.25, -0.2) is 0 Å². The molecule has 0 amide bonds. The zero-order valence-electron chi connectivity index (χ0n) is 8.02. The zero-order valence-corrected chi connectivity index (χ0v) is 8.84. The second-order valence-electron chi connectivity index (χ2n) is 2.80. The van der Waals surface area contributed by atoms with Crippen molar-refractivity contribution in [3.05, 3.63) is 28.2 Å². The molecule has 74 valence electrons. The third-order valence-electron chi connectivity index (χ3n) is 1.62. The van der Waals surface area contributed by atoms with E-state index < -0.39 is 0 Å². The molecule has 0 aliphatic carbocycles. The zero-order chi connectivity index (χ0) is 10.6. The molecule has 1 rings (SSSR count). The average Bonchev–Trinajstić information content (AvgIpc) is 2.55. The molecule has 0 radical (unpaired) electrons. The lowest BCUT2D eigenvalue weighted by Gasteiger charge is -1.96. The average molecular weight is 209 g/mol. The number of nitrogens with zero attached hydrogens (tertiary/aromatic N) is 1. The molecule has 0 atom stereocenters. The highest BCUT2D eigenvalue weighted by atomic mass is 32.1. The third-order valence-corrected chi connectivity index (χ3v) is 2.29. The topological polar surface area (TPSA) is 49.7 Å². The van der Waals surface area contributed by atoms with Gasteiger partial charge in [0.25, 0.3) is 0 Å². The lowest BCUT2D eigenvalue weighted by Crippen LogP contribution is -2.00. The van der Waals surface area contributed by atoms with Crippen LogP contribution in [0.4, 0.5) is 5.69 Å². The Morgan fingerprint density at radius 3 is 2.71 bits per heavy atom. The van der Waals surface area contributed by atoms with Gasteiger partial charge < -0.3 is 5.11 Å². The molecule has 0 fully saturated rings. The Morgan fingerprint density at radius 1 is 1.57 bits per heavy atom. The number of Topliss-reactive ketones (excluding diaryl/α,β-unsaturated/α-hetero) is 1. The summed E-state index contributed by atoms with van der Waals surface area (Å²) in [5.74, 6) is -0.194. The molecule has 0 saturated carbocycles. The highest BCUT2D eigenvalue weighted by Crippen LogP contribution is 2.15. The van der Waals surface area contributed by atoms with E-state index in [0.717, 1.165) is 5.69 Å². The van der Waals surface area contributed by atoms with Crippen molar-refractivity contribution in [2.75, 3.05) is 0 Å². The molecule has 1 aromatic heterocycles. The summed E-state index contributed by atoms with van der Waals surface area (Å²) in [6, 6.07) is 1.84. The first-order valence-electron chi connectivity index (χ1n) is 4.08. The molecule has 0 aromatic carbocycles. The molecule has 0 aliphatic heterocycles. The second-order valence-corrected chi connectivity index (χ2v) is 3.58. The molecular weight excluding hydrogens is 198 g/mol. The number of ketones is 1. The van der Waals surface area contributed by atoms with E-state index in [2.05, 4.69) is 4.99 Å². The Morgan fingerprint density at radius 2 is 2.29 bits per heavy atom. The maximum Gasteiger partial charge on any atom is 0.164 e. The highest BCUT2D eigenvalue weighted by molar-refractivity contribution is 7.08. The molecule has 1 N–H and O–H groups in total. The fraction of sp³-hybridized carbons (Fsp3) is 0.200. The smallest absolute Gasteiger partial charge is 0.164 e. The van der Waals surface area contributed by atoms with Gasteiger partial charge in [-0.3, -0.25) is 9.79 Å². The van der Waals surface area contributed by atoms with Crippen molar-refractivity contribution in [1.29, 1.82) is 0 Å². The fourth-order valence-electron chi connectivity index (χ4n) is 0.909. The van der Waals surface area contributed by atoms with Gasteiger partial charge in [0.15, 0.2) is 5.78 Å². The Kier molecular flexibility index (Phi) is 3.59. The van der Waals surface area contributed by atoms with E-state index in [1.54, 1.807) is 0 Å². The van der Waals surface area contributed by atoms with Crippen LogP contribution in [0.25, 0.3) is 0 Å². The van der Waals surface area contributed by atoms with Gasteiger partial charge in [0, 0.05) is 11.6 Å². The number of allylic oxidation sites excluding steroid dienone is 2. The molecule has 1 aromatic rings. The van der Waals surface area contributed by atoms with E-state index in [4.69, 9.17) is 0 Å². The van der Waals surface area contributed by atoms with Crippen LogP contribution in [-0.4, -0.2) is 17.1 Å². The summed E-state index contributed by atoms with van der Waals surface area (Å²) in [7, 11) is 0. The summed E-state index contributed by atoms with van der Waals surface area (Å²) < 4.78 is 0. The molecule has 14 heavy (non-hydrogen) atoms. The predicted molar refractivity (Wildman–Crippen MR) is 58.5 cm³/mol. The van der Waals surface area contributed by atoms with E-state index in [1.807, 2.05) is 16.8 Å². The van der Waals surface area contributed by atoms with Crippen LogP contribution >= 0.6 is 11.3 Å². The van der Waals surface area contributed by atoms with E-state index in [1.165, 1.54) is 31.4 Å². The largest absolute Gasteiger partial charge is 0.512 e. The van der Waals surface area contributed by atoms with E-state index >= 15 is 0 Å². The number of aliphatic imine (C=N–C) groups is 1. The van der Waals surface area contributed by atoms with Crippen molar-refractivity contribution in [3.63, 3.8) is 0 Å². The van der Waals surface area contributed by atoms with Gasteiger partial charge in [-0.15, -0.1) is 0 Å². The van der Waals surface area contributed by atoms with Crippen LogP contribution in [0.2, 0.25) is 0 Å². The highest BCUT2D eigenvalue weighted by Gasteiger charge is 2.04. The third kappa shape index (κ3) is 2.81. The van der Waals surface area contributed by atoms with Gasteiger partial charge in [0.2, 0.25) is 0 Å². The Labute approximate surface area is 86.4 Å². The number of aliphatic hydroxyl groups is 1. The number of thiophene rings is 1. The van der Waals surface area contributed by atoms with Crippen LogP contribution in [0.1, 0.15) is 13.8 Å². The minimum Gasteiger partial charge on any atom is -0.512 e. The summed E-state index contributed by atoms with van der Waals surface area (Å²) in [5.41, 5.74) is 1.03. The summed E-state index contributed by atoms with van der Waals surface area (Å²) in [4.78, 5) is 15.1. The minimum atomic E-state index is -0.191. The predicted octanol–water partition coefficient (Wildman–Crippen LogP) is 2.87. The Balaban J connectivity index is 2.86. The van der Waals surface area contributed by atoms with Gasteiger partial charge in [-0.05, 0) is 25.3 Å². The quantitative estimate of drug-likeness (QED) is 0.472. The van der Waals surface area contributed by atoms with E-state index in [-0.39, 0.29) is 17.1 Å². The molecule has 1 heterocycles. The van der Waals surface area contributed by atoms with Crippen molar-refractivity contribution < 1.29 is 9.90 Å². The van der Waals surface area contributed by atoms with Crippen molar-refractivity contribution in [3.8, 4) is 0 Å². The van der Waals surface area contributed by atoms with Crippen molar-refractivity contribution in [1.82, 2.24) is 0 Å². The van der Waals surface area contributed by atoms with Crippen LogP contribution < -0.4 is 0 Å². The van der Waals surface area contributed by atoms with Gasteiger partial charge in [-0.1, -0.05) is 0 Å². The number of hydrogen-bond donors (Lipinski definition) is 1. The molecule has 0 unspecified atom stereocenters. The van der Waals surface area contributed by atoms with Gasteiger partial charge in [0.05, 0.1) is 11.3 Å². The van der Waals surface area contributed by atoms with Crippen LogP contribution in [-0.2, 0) is 4.79 Å². The van der Waals surface area contributed by atoms with E-state index in [0.29, 0.717) is 0 Å². The lowest BCUT2D eigenvalue weighted by molar-refractivity contribution is -0.113. The van der Waals surface area contributed by atoms with Gasteiger partial charge in [-0.2, -0.15) is 11.3 Å². The number of rotatable bonds is 3. The normalized spacial score (nSPS) is 13.0. The molecule has 3 nitrogen and oxygen atoms in total. The van der Waals surface area contributed by atoms with Crippen molar-refractivity contribution >= 4 is 29.0 Å². The standard InChI is InChI=1S/C10H11NO2S/c1-7(12)10(8(2)13)5-11-9-3-4-14-6-9/h3-6,12H,1-2H3/b10-7-,11-5?. The maximum atomic E-state index is 11.0. The molecule has 4 heteroatoms. The molecule has 0 saturated heterocycles. The van der Waals surface area contributed by atoms with Crippen molar-refractivity contribution in [2.24, 2.45) is 4.99 Å². The monoisotopic (exact) mass is 209 g/mol. The number of carbonyl (C=O) groups excluding carboxylic acids is 1. The van der Waals surface area contributed by atoms with Crippen LogP contribution in [0.15, 0.2) is 33.2 Å². The fourth-order valence-corrected chi connectivity index (χ4v) is 1.48. The van der Waals surface area contributed by atoms with Crippen LogP contribution in [0.3, 0.4) is 0 Å². The molecule has 0 spiro atoms. The number of aliphatic hydroxyl groups excluding tert-OH is 1. The van der Waals surface area contributed by atoms with Gasteiger partial charge in [0.1, 0.15) is 5.76 Å². The molecular formula is C10H11NO2S.